The molecule has 1 aliphatic heterocycles. The van der Waals surface area contributed by atoms with Gasteiger partial charge in [0.15, 0.2) is 0 Å². The monoisotopic (exact) mass is 680 g/mol. The number of nitrogens with one attached hydrogen (secondary N) is 1. The summed E-state index contributed by atoms with van der Waals surface area (Å²) in [6, 6.07) is 28.0. The molecule has 0 fully saturated rings. The van der Waals surface area contributed by atoms with E-state index < -0.39 is 5.97 Å². The van der Waals surface area contributed by atoms with E-state index in [1.807, 2.05) is 30.5 Å². The Morgan fingerprint density at radius 2 is 1.57 bits per heavy atom. The van der Waals surface area contributed by atoms with Crippen LogP contribution >= 0.6 is 44.3 Å². The number of nitrogens with zero attached hydrogens (tertiary/aromatic N) is 1. The van der Waals surface area contributed by atoms with E-state index in [1.165, 1.54) is 22.4 Å². The first-order valence-electron chi connectivity index (χ1n) is 12.5. The molecule has 4 aromatic rings. The third kappa shape index (κ3) is 6.23. The molecule has 40 heavy (non-hydrogen) atoms. The number of carbonyl (C=O) groups is 2. The Hall–Kier alpha value is -3.23. The largest absolute Gasteiger partial charge is 0.478 e. The summed E-state index contributed by atoms with van der Waals surface area (Å²) in [6.07, 6.45) is 3.97. The number of fused-ring (bicyclic) bond motifs is 1. The van der Waals surface area contributed by atoms with E-state index in [1.54, 1.807) is 11.0 Å². The van der Waals surface area contributed by atoms with Gasteiger partial charge in [0.2, 0.25) is 0 Å². The molecular weight excluding hydrogens is 656 g/mol. The van der Waals surface area contributed by atoms with Crippen molar-refractivity contribution in [1.82, 2.24) is 10.2 Å². The Kier molecular flexibility index (Phi) is 9.64. The van der Waals surface area contributed by atoms with E-state index in [4.69, 9.17) is 0 Å². The second kappa shape index (κ2) is 13.0. The Bertz CT molecular complexity index is 1630. The average molecular weight is 683 g/mol. The quantitative estimate of drug-likeness (QED) is 0.206. The predicted molar refractivity (Wildman–Crippen MR) is 170 cm³/mol. The number of carboxylic acids is 1. The number of hydrogen-bond acceptors (Lipinski definition) is 3. The number of aromatic carboxylic acids is 1. The molecule has 1 atom stereocenters. The number of amides is 1. The molecule has 0 unspecified atom stereocenters. The summed E-state index contributed by atoms with van der Waals surface area (Å²) >= 11 is 6.69. The number of halogens is 3. The van der Waals surface area contributed by atoms with Gasteiger partial charge in [-0.3, -0.25) is 4.79 Å². The van der Waals surface area contributed by atoms with Crippen molar-refractivity contribution >= 4 is 72.5 Å². The van der Waals surface area contributed by atoms with Crippen LogP contribution in [0.1, 0.15) is 44.8 Å². The Labute approximate surface area is 256 Å². The highest BCUT2D eigenvalue weighted by atomic mass is 79.9. The van der Waals surface area contributed by atoms with Gasteiger partial charge in [0.05, 0.1) is 11.1 Å². The van der Waals surface area contributed by atoms with Gasteiger partial charge in [-0.05, 0) is 84.0 Å². The lowest BCUT2D eigenvalue weighted by Crippen LogP contribution is -2.31. The molecule has 0 aromatic heterocycles. The minimum Gasteiger partial charge on any atom is -0.478 e. The molecule has 1 heterocycles. The van der Waals surface area contributed by atoms with Crippen LogP contribution in [0.2, 0.25) is 0 Å². The van der Waals surface area contributed by atoms with Crippen molar-refractivity contribution in [2.75, 3.05) is 13.1 Å². The molecule has 5 nitrogen and oxygen atoms in total. The topological polar surface area (TPSA) is 69.6 Å². The van der Waals surface area contributed by atoms with Crippen LogP contribution in [0.5, 0.6) is 0 Å². The van der Waals surface area contributed by atoms with E-state index in [0.717, 1.165) is 16.7 Å². The van der Waals surface area contributed by atoms with Gasteiger partial charge < -0.3 is 15.3 Å². The molecule has 0 saturated heterocycles. The van der Waals surface area contributed by atoms with Crippen LogP contribution in [0.25, 0.3) is 16.3 Å². The zero-order valence-corrected chi connectivity index (χ0v) is 25.6. The van der Waals surface area contributed by atoms with E-state index >= 15 is 0 Å². The highest BCUT2D eigenvalue weighted by Crippen LogP contribution is 2.31. The molecule has 0 saturated carbocycles. The summed E-state index contributed by atoms with van der Waals surface area (Å²) in [5, 5.41) is 15.5. The average Bonchev–Trinajstić information content (AvgIpc) is 2.96. The molecule has 5 rings (SSSR count). The van der Waals surface area contributed by atoms with Crippen LogP contribution in [0.4, 0.5) is 0 Å². The van der Waals surface area contributed by atoms with Crippen LogP contribution in [0, 0.1) is 0 Å². The van der Waals surface area contributed by atoms with Gasteiger partial charge in [-0.15, -0.1) is 12.4 Å². The van der Waals surface area contributed by atoms with Crippen LogP contribution in [0.15, 0.2) is 112 Å². The van der Waals surface area contributed by atoms with Crippen LogP contribution in [-0.2, 0) is 0 Å². The fourth-order valence-electron chi connectivity index (χ4n) is 4.86. The van der Waals surface area contributed by atoms with Crippen molar-refractivity contribution < 1.29 is 14.7 Å². The third-order valence-corrected chi connectivity index (χ3v) is 8.21. The van der Waals surface area contributed by atoms with Gasteiger partial charge >= 0.3 is 5.97 Å². The lowest BCUT2D eigenvalue weighted by atomic mass is 9.94. The van der Waals surface area contributed by atoms with E-state index in [2.05, 4.69) is 98.7 Å². The summed E-state index contributed by atoms with van der Waals surface area (Å²) in [4.78, 5) is 26.7. The maximum atomic E-state index is 13.6. The Morgan fingerprint density at radius 3 is 2.33 bits per heavy atom. The SMILES string of the molecule is C[C@@H](NCC1=CN(C(=O)c2cc(Br)c(C(=O)O)cc2Br)CC=C1c1ccccc1)c1cccc2ccccc12.Cl. The molecule has 204 valence electrons. The Morgan fingerprint density at radius 1 is 0.925 bits per heavy atom. The highest BCUT2D eigenvalue weighted by Gasteiger charge is 2.24. The number of hydrogen-bond donors (Lipinski definition) is 2. The fourth-order valence-corrected chi connectivity index (χ4v) is 5.89. The van der Waals surface area contributed by atoms with Gasteiger partial charge in [-0.25, -0.2) is 4.79 Å². The maximum Gasteiger partial charge on any atom is 0.336 e. The molecule has 4 aromatic carbocycles. The van der Waals surface area contributed by atoms with E-state index in [9.17, 15) is 14.7 Å². The highest BCUT2D eigenvalue weighted by molar-refractivity contribution is 9.11. The van der Waals surface area contributed by atoms with Crippen LogP contribution < -0.4 is 5.32 Å². The maximum absolute atomic E-state index is 13.6. The van der Waals surface area contributed by atoms with Crippen LogP contribution in [0.3, 0.4) is 0 Å². The molecule has 0 bridgehead atoms. The standard InChI is InChI=1S/C32H26Br2N2O3.ClH/c1-20(24-13-7-11-22-10-5-6-12-26(22)24)35-18-23-19-36(15-14-25(23)21-8-3-2-4-9-21)31(37)27-16-30(34)28(32(38)39)17-29(27)33;/h2-14,16-17,19-20,35H,15,18H2,1H3,(H,38,39);1H/t20-;/m1./s1. The summed E-state index contributed by atoms with van der Waals surface area (Å²) < 4.78 is 0.789. The van der Waals surface area contributed by atoms with Crippen LogP contribution in [-0.4, -0.2) is 35.0 Å². The van der Waals surface area contributed by atoms with E-state index in [-0.39, 0.29) is 29.9 Å². The summed E-state index contributed by atoms with van der Waals surface area (Å²) in [6.45, 7) is 3.10. The normalized spacial score (nSPS) is 13.7. The first-order valence-corrected chi connectivity index (χ1v) is 14.1. The van der Waals surface area contributed by atoms with Gasteiger partial charge in [-0.2, -0.15) is 0 Å². The van der Waals surface area contributed by atoms with Crippen molar-refractivity contribution in [2.45, 2.75) is 13.0 Å². The summed E-state index contributed by atoms with van der Waals surface area (Å²) in [5.74, 6) is -1.29. The molecule has 8 heteroatoms. The minimum absolute atomic E-state index is 0. The third-order valence-electron chi connectivity index (χ3n) is 6.90. The Balaban J connectivity index is 0.00000370. The summed E-state index contributed by atoms with van der Waals surface area (Å²) in [7, 11) is 0. The van der Waals surface area contributed by atoms with Crippen molar-refractivity contribution in [3.05, 3.63) is 134 Å². The van der Waals surface area contributed by atoms with Crippen molar-refractivity contribution in [3.8, 4) is 0 Å². The number of benzene rings is 4. The lowest BCUT2D eigenvalue weighted by molar-refractivity contribution is 0.0694. The summed E-state index contributed by atoms with van der Waals surface area (Å²) in [5.41, 5.74) is 4.85. The molecule has 1 amide bonds. The first kappa shape index (κ1) is 29.7. The molecule has 1 aliphatic rings. The zero-order valence-electron chi connectivity index (χ0n) is 21.6. The molecule has 2 N–H and O–H groups in total. The second-order valence-electron chi connectivity index (χ2n) is 9.38. The molecule has 0 aliphatic carbocycles. The van der Waals surface area contributed by atoms with Gasteiger partial charge in [0.25, 0.3) is 5.91 Å². The van der Waals surface area contributed by atoms with Gasteiger partial charge in [0, 0.05) is 34.3 Å². The van der Waals surface area contributed by atoms with Crippen molar-refractivity contribution in [1.29, 1.82) is 0 Å². The lowest BCUT2D eigenvalue weighted by Gasteiger charge is -2.27. The van der Waals surface area contributed by atoms with Crippen molar-refractivity contribution in [2.24, 2.45) is 0 Å². The minimum atomic E-state index is -1.07. The number of rotatable bonds is 7. The first-order chi connectivity index (χ1) is 18.8. The smallest absolute Gasteiger partial charge is 0.336 e. The van der Waals surface area contributed by atoms with E-state index in [0.29, 0.717) is 27.6 Å². The second-order valence-corrected chi connectivity index (χ2v) is 11.1. The van der Waals surface area contributed by atoms with Gasteiger partial charge in [0.1, 0.15) is 0 Å². The molecular formula is C32H27Br2ClN2O3. The number of carbonyl (C=O) groups excluding carboxylic acids is 1. The number of carboxylic acid groups (broad SMARTS) is 1. The predicted octanol–water partition coefficient (Wildman–Crippen LogP) is 8.26. The van der Waals surface area contributed by atoms with Crippen molar-refractivity contribution in [3.63, 3.8) is 0 Å². The fraction of sp³-hybridized carbons (Fsp3) is 0.125. The molecule has 0 spiro atoms. The zero-order chi connectivity index (χ0) is 27.5. The van der Waals surface area contributed by atoms with Gasteiger partial charge in [-0.1, -0.05) is 78.9 Å². The molecule has 0 radical (unpaired) electrons.